The number of hydrogen-bond donors (Lipinski definition) is 1. The van der Waals surface area contributed by atoms with Gasteiger partial charge in [0.05, 0.1) is 11.6 Å². The summed E-state index contributed by atoms with van der Waals surface area (Å²) in [6.07, 6.45) is -4.34. The van der Waals surface area contributed by atoms with Crippen molar-refractivity contribution in [3.63, 3.8) is 0 Å². The first kappa shape index (κ1) is 14.5. The average molecular weight is 282 g/mol. The van der Waals surface area contributed by atoms with Gasteiger partial charge in [0.15, 0.2) is 0 Å². The first-order valence-corrected chi connectivity index (χ1v) is 6.38. The van der Waals surface area contributed by atoms with E-state index in [2.05, 4.69) is 5.43 Å². The Kier molecular flexibility index (Phi) is 3.79. The smallest absolute Gasteiger partial charge is 0.319 e. The maximum Gasteiger partial charge on any atom is 0.416 e. The minimum Gasteiger partial charge on any atom is -0.319 e. The fourth-order valence-corrected chi connectivity index (χ4v) is 2.27. The number of alkyl halides is 3. The van der Waals surface area contributed by atoms with Gasteiger partial charge in [-0.2, -0.15) is 13.2 Å². The predicted molar refractivity (Wildman–Crippen MR) is 73.1 cm³/mol. The molecule has 0 aliphatic carbocycles. The van der Waals surface area contributed by atoms with Crippen molar-refractivity contribution in [1.82, 2.24) is 4.68 Å². The molecular weight excluding hydrogens is 265 g/mol. The Morgan fingerprint density at radius 2 is 1.55 bits per heavy atom. The Morgan fingerprint density at radius 1 is 1.00 bits per heavy atom. The molecule has 0 saturated heterocycles. The van der Waals surface area contributed by atoms with Crippen LogP contribution in [0.3, 0.4) is 0 Å². The van der Waals surface area contributed by atoms with Crippen LogP contribution in [0, 0.1) is 13.8 Å². The molecule has 0 aliphatic rings. The van der Waals surface area contributed by atoms with Crippen LogP contribution in [0.1, 0.15) is 35.5 Å². The first-order valence-electron chi connectivity index (χ1n) is 6.38. The summed E-state index contributed by atoms with van der Waals surface area (Å²) in [5, 5.41) is 0. The van der Waals surface area contributed by atoms with Crippen LogP contribution in [0.15, 0.2) is 36.4 Å². The van der Waals surface area contributed by atoms with Gasteiger partial charge >= 0.3 is 6.18 Å². The van der Waals surface area contributed by atoms with E-state index < -0.39 is 17.8 Å². The molecule has 1 aromatic carbocycles. The van der Waals surface area contributed by atoms with Gasteiger partial charge in [-0.25, -0.2) is 0 Å². The fraction of sp³-hybridized carbons (Fsp3) is 0.333. The summed E-state index contributed by atoms with van der Waals surface area (Å²) in [7, 11) is 0. The van der Waals surface area contributed by atoms with Gasteiger partial charge in [-0.1, -0.05) is 18.2 Å². The first-order chi connectivity index (χ1) is 9.30. The number of rotatable bonds is 3. The SMILES string of the molecule is Cc1ccc(C)n1NC(C)c1ccccc1C(F)(F)F. The Morgan fingerprint density at radius 3 is 2.10 bits per heavy atom. The van der Waals surface area contributed by atoms with Gasteiger partial charge in [-0.15, -0.1) is 0 Å². The normalized spacial score (nSPS) is 13.3. The van der Waals surface area contributed by atoms with Crippen molar-refractivity contribution in [3.8, 4) is 0 Å². The number of hydrogen-bond acceptors (Lipinski definition) is 1. The van der Waals surface area contributed by atoms with Gasteiger partial charge < -0.3 is 5.43 Å². The minimum atomic E-state index is -4.34. The molecule has 0 radical (unpaired) electrons. The summed E-state index contributed by atoms with van der Waals surface area (Å²) in [5.41, 5.74) is 4.67. The zero-order valence-corrected chi connectivity index (χ0v) is 11.6. The second kappa shape index (κ2) is 5.23. The number of nitrogens with zero attached hydrogens (tertiary/aromatic N) is 1. The third-order valence-electron chi connectivity index (χ3n) is 3.33. The molecule has 1 aromatic heterocycles. The predicted octanol–water partition coefficient (Wildman–Crippen LogP) is 4.43. The van der Waals surface area contributed by atoms with Crippen molar-refractivity contribution < 1.29 is 13.2 Å². The van der Waals surface area contributed by atoms with Crippen LogP contribution in [0.25, 0.3) is 0 Å². The summed E-state index contributed by atoms with van der Waals surface area (Å²) < 4.78 is 40.8. The highest BCUT2D eigenvalue weighted by molar-refractivity contribution is 5.33. The van der Waals surface area contributed by atoms with Crippen molar-refractivity contribution >= 4 is 0 Å². The number of benzene rings is 1. The molecule has 1 N–H and O–H groups in total. The number of halogens is 3. The molecule has 108 valence electrons. The van der Waals surface area contributed by atoms with Crippen molar-refractivity contribution in [2.45, 2.75) is 33.0 Å². The van der Waals surface area contributed by atoms with Crippen LogP contribution in [0.4, 0.5) is 13.2 Å². The Labute approximate surface area is 116 Å². The van der Waals surface area contributed by atoms with E-state index in [9.17, 15) is 13.2 Å². The van der Waals surface area contributed by atoms with E-state index in [0.29, 0.717) is 0 Å². The molecule has 2 rings (SSSR count). The van der Waals surface area contributed by atoms with Gasteiger partial charge in [0.1, 0.15) is 0 Å². The lowest BCUT2D eigenvalue weighted by Crippen LogP contribution is -2.23. The zero-order chi connectivity index (χ0) is 14.9. The lowest BCUT2D eigenvalue weighted by molar-refractivity contribution is -0.138. The minimum absolute atomic E-state index is 0.243. The molecule has 5 heteroatoms. The van der Waals surface area contributed by atoms with Gasteiger partial charge in [0.2, 0.25) is 0 Å². The van der Waals surface area contributed by atoms with Crippen LogP contribution in [-0.4, -0.2) is 4.68 Å². The average Bonchev–Trinajstić information content (AvgIpc) is 2.69. The molecule has 0 amide bonds. The van der Waals surface area contributed by atoms with Crippen LogP contribution < -0.4 is 5.43 Å². The number of aromatic nitrogens is 1. The van der Waals surface area contributed by atoms with E-state index >= 15 is 0 Å². The summed E-state index contributed by atoms with van der Waals surface area (Å²) >= 11 is 0. The van der Waals surface area contributed by atoms with Crippen LogP contribution >= 0.6 is 0 Å². The van der Waals surface area contributed by atoms with Gasteiger partial charge in [0, 0.05) is 11.4 Å². The molecule has 2 nitrogen and oxygen atoms in total. The van der Waals surface area contributed by atoms with Gasteiger partial charge in [-0.3, -0.25) is 4.68 Å². The maximum atomic E-state index is 13.0. The van der Waals surface area contributed by atoms with E-state index in [1.807, 2.05) is 26.0 Å². The van der Waals surface area contributed by atoms with Crippen molar-refractivity contribution in [3.05, 3.63) is 58.9 Å². The van der Waals surface area contributed by atoms with Gasteiger partial charge in [0.25, 0.3) is 0 Å². The van der Waals surface area contributed by atoms with Crippen LogP contribution in [0.5, 0.6) is 0 Å². The highest BCUT2D eigenvalue weighted by atomic mass is 19.4. The summed E-state index contributed by atoms with van der Waals surface area (Å²) in [4.78, 5) is 0. The molecule has 0 saturated carbocycles. The highest BCUT2D eigenvalue weighted by Gasteiger charge is 2.34. The highest BCUT2D eigenvalue weighted by Crippen LogP contribution is 2.34. The van der Waals surface area contributed by atoms with Crippen molar-refractivity contribution in [2.75, 3.05) is 5.43 Å². The van der Waals surface area contributed by atoms with E-state index in [-0.39, 0.29) is 5.56 Å². The second-order valence-electron chi connectivity index (χ2n) is 4.89. The number of aryl methyl sites for hydroxylation is 2. The van der Waals surface area contributed by atoms with Gasteiger partial charge in [-0.05, 0) is 44.5 Å². The molecule has 1 unspecified atom stereocenters. The summed E-state index contributed by atoms with van der Waals surface area (Å²) in [6, 6.07) is 9.05. The monoisotopic (exact) mass is 282 g/mol. The Hall–Kier alpha value is -1.91. The van der Waals surface area contributed by atoms with E-state index in [0.717, 1.165) is 17.5 Å². The van der Waals surface area contributed by atoms with E-state index in [1.54, 1.807) is 17.7 Å². The molecule has 0 spiro atoms. The number of nitrogens with one attached hydrogen (secondary N) is 1. The second-order valence-corrected chi connectivity index (χ2v) is 4.89. The third kappa shape index (κ3) is 2.81. The van der Waals surface area contributed by atoms with E-state index in [1.165, 1.54) is 12.1 Å². The maximum absolute atomic E-state index is 13.0. The third-order valence-corrected chi connectivity index (χ3v) is 3.33. The summed E-state index contributed by atoms with van der Waals surface area (Å²) in [6.45, 7) is 5.54. The largest absolute Gasteiger partial charge is 0.416 e. The molecule has 20 heavy (non-hydrogen) atoms. The molecular formula is C15H17F3N2. The topological polar surface area (TPSA) is 17.0 Å². The lowest BCUT2D eigenvalue weighted by Gasteiger charge is -2.22. The standard InChI is InChI=1S/C15H17F3N2/c1-10-8-9-11(2)20(10)19-12(3)13-6-4-5-7-14(13)15(16,17)18/h4-9,12,19H,1-3H3. The Bertz CT molecular complexity index is 580. The summed E-state index contributed by atoms with van der Waals surface area (Å²) in [5.74, 6) is 0. The molecule has 0 fully saturated rings. The molecule has 1 heterocycles. The van der Waals surface area contributed by atoms with Crippen molar-refractivity contribution in [1.29, 1.82) is 0 Å². The van der Waals surface area contributed by atoms with Crippen LogP contribution in [0.2, 0.25) is 0 Å². The zero-order valence-electron chi connectivity index (χ0n) is 11.6. The van der Waals surface area contributed by atoms with E-state index in [4.69, 9.17) is 0 Å². The Balaban J connectivity index is 2.33. The molecule has 0 bridgehead atoms. The van der Waals surface area contributed by atoms with Crippen LogP contribution in [-0.2, 0) is 6.18 Å². The molecule has 1 atom stereocenters. The quantitative estimate of drug-likeness (QED) is 0.881. The molecule has 0 aliphatic heterocycles. The fourth-order valence-electron chi connectivity index (χ4n) is 2.27. The lowest BCUT2D eigenvalue weighted by atomic mass is 10.0. The van der Waals surface area contributed by atoms with Crippen molar-refractivity contribution in [2.24, 2.45) is 0 Å². The molecule has 2 aromatic rings.